The molecule has 0 aliphatic heterocycles. The first kappa shape index (κ1) is 18.1. The van der Waals surface area contributed by atoms with Crippen LogP contribution in [0.3, 0.4) is 0 Å². The molecule has 5 N–H and O–H groups in total. The number of nitrogens with one attached hydrogen (secondary N) is 1. The second-order valence-corrected chi connectivity index (χ2v) is 5.87. The second kappa shape index (κ2) is 7.86. The molecule has 0 spiro atoms. The number of hydrogen-bond donors (Lipinski definition) is 4. The molecule has 0 aliphatic rings. The largest absolute Gasteiger partial charge is 0.465 e. The van der Waals surface area contributed by atoms with E-state index in [4.69, 9.17) is 27.3 Å². The molecular formula is C14H20ClN3O4. The molecule has 0 heterocycles. The van der Waals surface area contributed by atoms with Crippen LogP contribution < -0.4 is 11.1 Å². The monoisotopic (exact) mass is 329 g/mol. The van der Waals surface area contributed by atoms with Gasteiger partial charge in [0.2, 0.25) is 0 Å². The van der Waals surface area contributed by atoms with Gasteiger partial charge in [0.05, 0.1) is 11.6 Å². The van der Waals surface area contributed by atoms with Crippen LogP contribution in [-0.2, 0) is 11.3 Å². The van der Waals surface area contributed by atoms with E-state index in [1.807, 2.05) is 0 Å². The van der Waals surface area contributed by atoms with Crippen LogP contribution in [0.15, 0.2) is 29.4 Å². The summed E-state index contributed by atoms with van der Waals surface area (Å²) in [5, 5.41) is 24.9. The minimum absolute atomic E-state index is 0.0263. The molecule has 0 aromatic heterocycles. The van der Waals surface area contributed by atoms with Crippen molar-refractivity contribution in [2.75, 3.05) is 6.61 Å². The van der Waals surface area contributed by atoms with Crippen molar-refractivity contribution >= 4 is 23.5 Å². The molecule has 1 rings (SSSR count). The average Bonchev–Trinajstić information content (AvgIpc) is 2.38. The van der Waals surface area contributed by atoms with Gasteiger partial charge in [0.15, 0.2) is 5.84 Å². The number of halogens is 1. The highest BCUT2D eigenvalue weighted by atomic mass is 35.5. The zero-order chi connectivity index (χ0) is 16.8. The number of aliphatic hydroxyl groups is 1. The third-order valence-electron chi connectivity index (χ3n) is 2.60. The Morgan fingerprint density at radius 3 is 2.55 bits per heavy atom. The number of rotatable bonds is 7. The molecule has 1 aromatic rings. The van der Waals surface area contributed by atoms with Crippen molar-refractivity contribution in [2.45, 2.75) is 31.9 Å². The third-order valence-corrected chi connectivity index (χ3v) is 2.85. The van der Waals surface area contributed by atoms with E-state index in [1.54, 1.807) is 38.1 Å². The Labute approximate surface area is 133 Å². The number of benzene rings is 1. The predicted molar refractivity (Wildman–Crippen MR) is 84.0 cm³/mol. The van der Waals surface area contributed by atoms with E-state index in [2.05, 4.69) is 10.5 Å². The number of carbonyl (C=O) groups is 1. The zero-order valence-electron chi connectivity index (χ0n) is 12.4. The molecular weight excluding hydrogens is 310 g/mol. The van der Waals surface area contributed by atoms with E-state index in [0.29, 0.717) is 11.4 Å². The Morgan fingerprint density at radius 1 is 1.45 bits per heavy atom. The number of hydrogen-bond acceptors (Lipinski definition) is 4. The van der Waals surface area contributed by atoms with Crippen LogP contribution in [0.2, 0.25) is 5.02 Å². The van der Waals surface area contributed by atoms with Gasteiger partial charge in [-0.15, -0.1) is 0 Å². The zero-order valence-corrected chi connectivity index (χ0v) is 13.2. The summed E-state index contributed by atoms with van der Waals surface area (Å²) in [7, 11) is 0. The summed E-state index contributed by atoms with van der Waals surface area (Å²) in [6.07, 6.45) is -0.926. The van der Waals surface area contributed by atoms with Crippen molar-refractivity contribution < 1.29 is 19.8 Å². The van der Waals surface area contributed by atoms with Gasteiger partial charge in [-0.3, -0.25) is 0 Å². The highest BCUT2D eigenvalue weighted by Gasteiger charge is 2.18. The lowest BCUT2D eigenvalue weighted by Gasteiger charge is -2.18. The van der Waals surface area contributed by atoms with Gasteiger partial charge >= 0.3 is 6.09 Å². The molecule has 8 heteroatoms. The smallest absolute Gasteiger partial charge is 0.405 e. The van der Waals surface area contributed by atoms with E-state index in [1.165, 1.54) is 0 Å². The minimum Gasteiger partial charge on any atom is -0.465 e. The van der Waals surface area contributed by atoms with Crippen LogP contribution >= 0.6 is 11.6 Å². The lowest BCUT2D eigenvalue weighted by atomic mass is 10.1. The van der Waals surface area contributed by atoms with Crippen LogP contribution in [0.4, 0.5) is 4.79 Å². The lowest BCUT2D eigenvalue weighted by Crippen LogP contribution is -2.45. The molecule has 0 radical (unpaired) electrons. The number of nitrogens with zero attached hydrogens (tertiary/aromatic N) is 1. The molecule has 1 amide bonds. The first-order valence-electron chi connectivity index (χ1n) is 6.59. The number of amides is 1. The Hall–Kier alpha value is -1.99. The summed E-state index contributed by atoms with van der Waals surface area (Å²) in [6.45, 7) is 3.05. The molecule has 0 bridgehead atoms. The van der Waals surface area contributed by atoms with Crippen molar-refractivity contribution in [1.82, 2.24) is 5.32 Å². The fraction of sp³-hybridized carbons (Fsp3) is 0.429. The molecule has 7 nitrogen and oxygen atoms in total. The fourth-order valence-corrected chi connectivity index (χ4v) is 1.69. The van der Waals surface area contributed by atoms with Gasteiger partial charge in [-0.2, -0.15) is 0 Å². The molecule has 1 atom stereocenters. The fourth-order valence-electron chi connectivity index (χ4n) is 1.56. The number of amidine groups is 1. The number of carboxylic acid groups (broad SMARTS) is 1. The summed E-state index contributed by atoms with van der Waals surface area (Å²) in [6, 6.07) is 6.19. The molecule has 0 fully saturated rings. The maximum Gasteiger partial charge on any atom is 0.405 e. The molecule has 0 saturated carbocycles. The van der Waals surface area contributed by atoms with Crippen molar-refractivity contribution in [1.29, 1.82) is 0 Å². The topological polar surface area (TPSA) is 117 Å². The third kappa shape index (κ3) is 7.14. The molecule has 1 aromatic carbocycles. The Bertz CT molecular complexity index is 526. The first-order valence-corrected chi connectivity index (χ1v) is 6.97. The number of oxime groups is 1. The van der Waals surface area contributed by atoms with Crippen LogP contribution in [0.5, 0.6) is 0 Å². The van der Waals surface area contributed by atoms with E-state index in [-0.39, 0.29) is 12.4 Å². The Balaban J connectivity index is 2.76. The van der Waals surface area contributed by atoms with Crippen molar-refractivity contribution in [3.8, 4) is 0 Å². The summed E-state index contributed by atoms with van der Waals surface area (Å²) < 4.78 is 0. The van der Waals surface area contributed by atoms with E-state index < -0.39 is 17.7 Å². The maximum absolute atomic E-state index is 10.9. The predicted octanol–water partition coefficient (Wildman–Crippen LogP) is 1.58. The van der Waals surface area contributed by atoms with Crippen molar-refractivity contribution in [2.24, 2.45) is 10.9 Å². The van der Waals surface area contributed by atoms with Crippen LogP contribution in [0.25, 0.3) is 0 Å². The molecule has 1 unspecified atom stereocenters. The summed E-state index contributed by atoms with van der Waals surface area (Å²) in [4.78, 5) is 15.8. The van der Waals surface area contributed by atoms with Crippen LogP contribution in [-0.4, -0.2) is 40.4 Å². The minimum atomic E-state index is -1.22. The lowest BCUT2D eigenvalue weighted by molar-refractivity contribution is -0.0194. The molecule has 22 heavy (non-hydrogen) atoms. The van der Waals surface area contributed by atoms with Gasteiger partial charge in [-0.05, 0) is 31.5 Å². The molecule has 0 saturated heterocycles. The standard InChI is InChI=1S/C14H20ClN3O4/c1-14(2,21)8-22-18-12(16)11(17-13(19)20)7-9-3-5-10(15)6-4-9/h3-6,11,17,21H,7-8H2,1-2H3,(H2,16,18)(H,19,20). The van der Waals surface area contributed by atoms with Gasteiger partial charge in [0.1, 0.15) is 6.61 Å². The Kier molecular flexibility index (Phi) is 6.45. The van der Waals surface area contributed by atoms with Crippen LogP contribution in [0, 0.1) is 0 Å². The normalized spacial score (nSPS) is 13.5. The van der Waals surface area contributed by atoms with E-state index in [9.17, 15) is 9.90 Å². The molecule has 0 aliphatic carbocycles. The molecule has 122 valence electrons. The van der Waals surface area contributed by atoms with Gasteiger partial charge in [0, 0.05) is 11.4 Å². The highest BCUT2D eigenvalue weighted by molar-refractivity contribution is 6.30. The second-order valence-electron chi connectivity index (χ2n) is 5.43. The summed E-state index contributed by atoms with van der Waals surface area (Å²) in [5.74, 6) is -0.0263. The number of nitrogens with two attached hydrogens (primary N) is 1. The average molecular weight is 330 g/mol. The van der Waals surface area contributed by atoms with Gasteiger partial charge in [-0.1, -0.05) is 28.9 Å². The maximum atomic E-state index is 10.9. The highest BCUT2D eigenvalue weighted by Crippen LogP contribution is 2.11. The van der Waals surface area contributed by atoms with Gasteiger partial charge < -0.3 is 26.1 Å². The van der Waals surface area contributed by atoms with Gasteiger partial charge in [0.25, 0.3) is 0 Å². The Morgan fingerprint density at radius 2 is 2.05 bits per heavy atom. The van der Waals surface area contributed by atoms with Crippen LogP contribution in [0.1, 0.15) is 19.4 Å². The van der Waals surface area contributed by atoms with Crippen molar-refractivity contribution in [3.63, 3.8) is 0 Å². The summed E-state index contributed by atoms with van der Waals surface area (Å²) in [5.41, 5.74) is 5.54. The van der Waals surface area contributed by atoms with E-state index >= 15 is 0 Å². The first-order chi connectivity index (χ1) is 10.2. The SMILES string of the molecule is CC(C)(O)CO/N=C(\N)C(Cc1ccc(Cl)cc1)NC(=O)O. The quantitative estimate of drug-likeness (QED) is 0.344. The van der Waals surface area contributed by atoms with Gasteiger partial charge in [-0.25, -0.2) is 4.79 Å². The van der Waals surface area contributed by atoms with E-state index in [0.717, 1.165) is 5.56 Å². The van der Waals surface area contributed by atoms with Crippen molar-refractivity contribution in [3.05, 3.63) is 34.9 Å². The summed E-state index contributed by atoms with van der Waals surface area (Å²) >= 11 is 5.80.